The molecule has 1 fully saturated rings. The number of benzene rings is 1. The molecule has 1 saturated heterocycles. The number of likely N-dealkylation sites (N-methyl/N-ethyl adjacent to an activating group) is 1. The minimum Gasteiger partial charge on any atom is -0.491 e. The van der Waals surface area contributed by atoms with E-state index in [0.29, 0.717) is 24.0 Å². The number of likely N-dealkylation sites (tertiary alicyclic amines) is 1. The number of nitrogens with zero attached hydrogens (tertiary/aromatic N) is 4. The topological polar surface area (TPSA) is 65.5 Å². The molecule has 1 atom stereocenters. The van der Waals surface area contributed by atoms with Crippen molar-refractivity contribution in [3.8, 4) is 11.8 Å². The first kappa shape index (κ1) is 17.5. The van der Waals surface area contributed by atoms with Crippen molar-refractivity contribution in [1.29, 1.82) is 5.26 Å². The Balaban J connectivity index is 1.43. The highest BCUT2D eigenvalue weighted by Crippen LogP contribution is 2.18. The molecule has 132 valence electrons. The fourth-order valence-corrected chi connectivity index (χ4v) is 3.16. The van der Waals surface area contributed by atoms with Crippen molar-refractivity contribution in [1.82, 2.24) is 14.8 Å². The zero-order chi connectivity index (χ0) is 17.6. The highest BCUT2D eigenvalue weighted by molar-refractivity contribution is 5.42. The maximum Gasteiger partial charge on any atom is 0.208 e. The number of rotatable bonds is 7. The van der Waals surface area contributed by atoms with Crippen LogP contribution < -0.4 is 4.74 Å². The van der Waals surface area contributed by atoms with E-state index in [1.807, 2.05) is 25.1 Å². The lowest BCUT2D eigenvalue weighted by molar-refractivity contribution is 0.192. The van der Waals surface area contributed by atoms with E-state index in [1.165, 1.54) is 0 Å². The Bertz CT molecular complexity index is 737. The molecule has 1 aliphatic rings. The molecule has 2 aromatic rings. The van der Waals surface area contributed by atoms with Crippen molar-refractivity contribution in [3.05, 3.63) is 47.7 Å². The van der Waals surface area contributed by atoms with Gasteiger partial charge in [0.25, 0.3) is 0 Å². The molecule has 0 N–H and O–H groups in total. The van der Waals surface area contributed by atoms with Crippen LogP contribution in [0.5, 0.6) is 5.75 Å². The molecule has 0 spiro atoms. The standard InChI is InChI=1S/C19H24N4O2/c1-15-12-21-19(25-15)14-22(2)17-7-8-23(13-17)9-10-24-18-6-4-3-5-16(18)11-20/h3-6,12,17H,7-10,13-14H2,1-2H3/t17-/m1/s1. The number of hydrogen-bond acceptors (Lipinski definition) is 6. The Labute approximate surface area is 148 Å². The van der Waals surface area contributed by atoms with Crippen LogP contribution in [0.4, 0.5) is 0 Å². The summed E-state index contributed by atoms with van der Waals surface area (Å²) in [6, 6.07) is 10.0. The number of para-hydroxylation sites is 1. The number of nitriles is 1. The third kappa shape index (κ3) is 4.59. The van der Waals surface area contributed by atoms with Gasteiger partial charge >= 0.3 is 0 Å². The number of hydrogen-bond donors (Lipinski definition) is 0. The van der Waals surface area contributed by atoms with Crippen LogP contribution in [0.2, 0.25) is 0 Å². The van der Waals surface area contributed by atoms with Crippen LogP contribution in [-0.4, -0.2) is 54.1 Å². The average molecular weight is 340 g/mol. The Morgan fingerprint density at radius 1 is 1.44 bits per heavy atom. The third-order valence-electron chi connectivity index (χ3n) is 4.60. The summed E-state index contributed by atoms with van der Waals surface area (Å²) in [5, 5.41) is 9.09. The molecule has 2 heterocycles. The number of aryl methyl sites for hydroxylation is 1. The third-order valence-corrected chi connectivity index (χ3v) is 4.60. The van der Waals surface area contributed by atoms with E-state index in [1.54, 1.807) is 12.3 Å². The molecule has 0 bridgehead atoms. The van der Waals surface area contributed by atoms with Crippen LogP contribution >= 0.6 is 0 Å². The quantitative estimate of drug-likeness (QED) is 0.771. The minimum atomic E-state index is 0.499. The van der Waals surface area contributed by atoms with Gasteiger partial charge in [0.1, 0.15) is 24.2 Å². The molecule has 3 rings (SSSR count). The van der Waals surface area contributed by atoms with Gasteiger partial charge in [-0.05, 0) is 39.1 Å². The maximum absolute atomic E-state index is 9.09. The van der Waals surface area contributed by atoms with Crippen LogP contribution in [0.3, 0.4) is 0 Å². The molecular formula is C19H24N4O2. The second-order valence-corrected chi connectivity index (χ2v) is 6.48. The van der Waals surface area contributed by atoms with E-state index in [9.17, 15) is 0 Å². The summed E-state index contributed by atoms with van der Waals surface area (Å²) in [5.74, 6) is 2.29. The molecule has 1 aromatic heterocycles. The van der Waals surface area contributed by atoms with Gasteiger partial charge in [0.15, 0.2) is 0 Å². The summed E-state index contributed by atoms with van der Waals surface area (Å²) in [6.45, 7) is 6.18. The SMILES string of the molecule is Cc1cnc(CN(C)[C@@H]2CCN(CCOc3ccccc3C#N)C2)o1. The molecular weight excluding hydrogens is 316 g/mol. The van der Waals surface area contributed by atoms with Crippen molar-refractivity contribution in [3.63, 3.8) is 0 Å². The molecule has 0 saturated carbocycles. The van der Waals surface area contributed by atoms with Gasteiger partial charge in [0.2, 0.25) is 5.89 Å². The fraction of sp³-hybridized carbons (Fsp3) is 0.474. The molecule has 0 unspecified atom stereocenters. The zero-order valence-corrected chi connectivity index (χ0v) is 14.8. The first-order valence-corrected chi connectivity index (χ1v) is 8.61. The molecule has 0 amide bonds. The Morgan fingerprint density at radius 3 is 3.04 bits per heavy atom. The Kier molecular flexibility index (Phi) is 5.69. The lowest BCUT2D eigenvalue weighted by Crippen LogP contribution is -2.35. The van der Waals surface area contributed by atoms with Gasteiger partial charge < -0.3 is 9.15 Å². The predicted octanol–water partition coefficient (Wildman–Crippen LogP) is 2.44. The molecule has 0 aliphatic carbocycles. The largest absolute Gasteiger partial charge is 0.491 e. The lowest BCUT2D eigenvalue weighted by atomic mass is 10.2. The summed E-state index contributed by atoms with van der Waals surface area (Å²) in [6.07, 6.45) is 2.89. The summed E-state index contributed by atoms with van der Waals surface area (Å²) >= 11 is 0. The zero-order valence-electron chi connectivity index (χ0n) is 14.8. The number of oxazole rings is 1. The van der Waals surface area contributed by atoms with Crippen molar-refractivity contribution in [2.45, 2.75) is 25.9 Å². The van der Waals surface area contributed by atoms with Crippen LogP contribution in [0, 0.1) is 18.3 Å². The van der Waals surface area contributed by atoms with E-state index in [0.717, 1.165) is 44.3 Å². The second-order valence-electron chi connectivity index (χ2n) is 6.48. The van der Waals surface area contributed by atoms with Gasteiger partial charge in [0.05, 0.1) is 18.3 Å². The van der Waals surface area contributed by atoms with E-state index in [-0.39, 0.29) is 0 Å². The first-order chi connectivity index (χ1) is 12.2. The monoisotopic (exact) mass is 340 g/mol. The van der Waals surface area contributed by atoms with Gasteiger partial charge in [0, 0.05) is 19.1 Å². The van der Waals surface area contributed by atoms with Gasteiger partial charge in [-0.1, -0.05) is 12.1 Å². The maximum atomic E-state index is 9.09. The smallest absolute Gasteiger partial charge is 0.208 e. The van der Waals surface area contributed by atoms with E-state index < -0.39 is 0 Å². The summed E-state index contributed by atoms with van der Waals surface area (Å²) < 4.78 is 11.3. The molecule has 6 heteroatoms. The van der Waals surface area contributed by atoms with Crippen molar-refractivity contribution >= 4 is 0 Å². The van der Waals surface area contributed by atoms with Gasteiger partial charge in [-0.3, -0.25) is 9.80 Å². The summed E-state index contributed by atoms with van der Waals surface area (Å²) in [4.78, 5) is 8.98. The van der Waals surface area contributed by atoms with Crippen LogP contribution in [0.1, 0.15) is 23.6 Å². The fourth-order valence-electron chi connectivity index (χ4n) is 3.16. The van der Waals surface area contributed by atoms with E-state index in [2.05, 4.69) is 27.9 Å². The van der Waals surface area contributed by atoms with E-state index >= 15 is 0 Å². The van der Waals surface area contributed by atoms with Crippen LogP contribution in [0.25, 0.3) is 0 Å². The number of aromatic nitrogens is 1. The number of ether oxygens (including phenoxy) is 1. The molecule has 1 aromatic carbocycles. The molecule has 25 heavy (non-hydrogen) atoms. The van der Waals surface area contributed by atoms with Gasteiger partial charge in [-0.25, -0.2) is 4.98 Å². The molecule has 1 aliphatic heterocycles. The lowest BCUT2D eigenvalue weighted by Gasteiger charge is -2.23. The molecule has 0 radical (unpaired) electrons. The van der Waals surface area contributed by atoms with Crippen LogP contribution in [0.15, 0.2) is 34.9 Å². The summed E-state index contributed by atoms with van der Waals surface area (Å²) in [5.41, 5.74) is 0.586. The van der Waals surface area contributed by atoms with E-state index in [4.69, 9.17) is 14.4 Å². The predicted molar refractivity (Wildman–Crippen MR) is 94.2 cm³/mol. The van der Waals surface area contributed by atoms with Crippen LogP contribution in [-0.2, 0) is 6.54 Å². The molecule has 6 nitrogen and oxygen atoms in total. The first-order valence-electron chi connectivity index (χ1n) is 8.61. The Hall–Kier alpha value is -2.36. The summed E-state index contributed by atoms with van der Waals surface area (Å²) in [7, 11) is 2.12. The highest BCUT2D eigenvalue weighted by Gasteiger charge is 2.26. The van der Waals surface area contributed by atoms with Crippen molar-refractivity contribution < 1.29 is 9.15 Å². The van der Waals surface area contributed by atoms with Gasteiger partial charge in [-0.15, -0.1) is 0 Å². The Morgan fingerprint density at radius 2 is 2.28 bits per heavy atom. The van der Waals surface area contributed by atoms with Crippen molar-refractivity contribution in [2.75, 3.05) is 33.3 Å². The normalized spacial score (nSPS) is 17.8. The van der Waals surface area contributed by atoms with Crippen molar-refractivity contribution in [2.24, 2.45) is 0 Å². The van der Waals surface area contributed by atoms with Gasteiger partial charge in [-0.2, -0.15) is 5.26 Å². The average Bonchev–Trinajstić information content (AvgIpc) is 3.24. The second kappa shape index (κ2) is 8.15. The minimum absolute atomic E-state index is 0.499. The highest BCUT2D eigenvalue weighted by atomic mass is 16.5.